The lowest BCUT2D eigenvalue weighted by atomic mass is 9.79. The molecule has 1 N–H and O–H groups in total. The van der Waals surface area contributed by atoms with E-state index in [0.717, 1.165) is 25.2 Å². The highest BCUT2D eigenvalue weighted by molar-refractivity contribution is 5.77. The molecule has 3 atom stereocenters. The van der Waals surface area contributed by atoms with Crippen LogP contribution in [0.1, 0.15) is 38.7 Å². The van der Waals surface area contributed by atoms with Crippen molar-refractivity contribution in [3.63, 3.8) is 0 Å². The first kappa shape index (κ1) is 15.4. The normalized spacial score (nSPS) is 24.9. The van der Waals surface area contributed by atoms with E-state index in [0.29, 0.717) is 17.2 Å². The second kappa shape index (κ2) is 7.12. The summed E-state index contributed by atoms with van der Waals surface area (Å²) < 4.78 is 5.44. The number of amides is 1. The minimum Gasteiger partial charge on any atom is -0.482 e. The first-order chi connectivity index (χ1) is 10.1. The average molecular weight is 286 g/mol. The summed E-state index contributed by atoms with van der Waals surface area (Å²) in [6.07, 6.45) is 3.22. The van der Waals surface area contributed by atoms with E-state index in [2.05, 4.69) is 25.2 Å². The average Bonchev–Trinajstić information content (AvgIpc) is 2.49. The van der Waals surface area contributed by atoms with E-state index < -0.39 is 0 Å². The number of carbonyl (C=O) groups excluding carboxylic acids is 1. The van der Waals surface area contributed by atoms with Gasteiger partial charge in [0, 0.05) is 6.04 Å². The molecule has 1 aromatic carbocycles. The van der Waals surface area contributed by atoms with Crippen molar-refractivity contribution < 1.29 is 9.53 Å². The van der Waals surface area contributed by atoms with Crippen LogP contribution in [0.25, 0.3) is 0 Å². The Morgan fingerprint density at radius 3 is 2.81 bits per heavy atom. The third kappa shape index (κ3) is 4.22. The lowest BCUT2D eigenvalue weighted by Crippen LogP contribution is -2.41. The fourth-order valence-corrected chi connectivity index (χ4v) is 2.78. The molecule has 0 radical (unpaired) electrons. The molecule has 21 heavy (non-hydrogen) atoms. The maximum atomic E-state index is 12.0. The molecule has 1 fully saturated rings. The topological polar surface area (TPSA) is 62.1 Å². The number of carbonyl (C=O) groups is 1. The fraction of sp³-hybridized carbons (Fsp3) is 0.529. The highest BCUT2D eigenvalue weighted by Gasteiger charge is 2.25. The highest BCUT2D eigenvalue weighted by atomic mass is 16.5. The van der Waals surface area contributed by atoms with Crippen LogP contribution < -0.4 is 10.1 Å². The van der Waals surface area contributed by atoms with Crippen molar-refractivity contribution in [2.24, 2.45) is 11.8 Å². The van der Waals surface area contributed by atoms with Crippen molar-refractivity contribution in [2.45, 2.75) is 39.2 Å². The summed E-state index contributed by atoms with van der Waals surface area (Å²) >= 11 is 0. The van der Waals surface area contributed by atoms with Crippen molar-refractivity contribution in [2.75, 3.05) is 6.61 Å². The van der Waals surface area contributed by atoms with E-state index in [1.165, 1.54) is 0 Å². The maximum Gasteiger partial charge on any atom is 0.258 e. The first-order valence-corrected chi connectivity index (χ1v) is 7.51. The molecule has 1 saturated carbocycles. The van der Waals surface area contributed by atoms with E-state index in [9.17, 15) is 4.79 Å². The summed E-state index contributed by atoms with van der Waals surface area (Å²) in [5.41, 5.74) is 0.449. The van der Waals surface area contributed by atoms with Crippen molar-refractivity contribution in [1.29, 1.82) is 5.26 Å². The van der Waals surface area contributed by atoms with Crippen molar-refractivity contribution in [1.82, 2.24) is 5.32 Å². The van der Waals surface area contributed by atoms with E-state index in [1.807, 2.05) is 0 Å². The highest BCUT2D eigenvalue weighted by Crippen LogP contribution is 2.29. The van der Waals surface area contributed by atoms with Gasteiger partial charge >= 0.3 is 0 Å². The molecular weight excluding hydrogens is 264 g/mol. The first-order valence-electron chi connectivity index (χ1n) is 7.51. The molecule has 1 amide bonds. The Kier molecular flexibility index (Phi) is 5.21. The Morgan fingerprint density at radius 2 is 2.10 bits per heavy atom. The van der Waals surface area contributed by atoms with Gasteiger partial charge in [-0.15, -0.1) is 0 Å². The summed E-state index contributed by atoms with van der Waals surface area (Å²) in [4.78, 5) is 12.0. The van der Waals surface area contributed by atoms with Gasteiger partial charge in [-0.1, -0.05) is 26.0 Å². The molecule has 0 aliphatic heterocycles. The van der Waals surface area contributed by atoms with Gasteiger partial charge in [-0.25, -0.2) is 0 Å². The summed E-state index contributed by atoms with van der Waals surface area (Å²) in [6.45, 7) is 4.46. The maximum absolute atomic E-state index is 12.0. The SMILES string of the molecule is CC1CCC(NC(=O)COc2ccccc2C#N)CC1C. The van der Waals surface area contributed by atoms with Crippen molar-refractivity contribution >= 4 is 5.91 Å². The molecule has 4 heteroatoms. The summed E-state index contributed by atoms with van der Waals surface area (Å²) in [5, 5.41) is 12.0. The zero-order valence-electron chi connectivity index (χ0n) is 12.6. The number of nitrogens with zero attached hydrogens (tertiary/aromatic N) is 1. The Morgan fingerprint density at radius 1 is 1.33 bits per heavy atom. The molecule has 1 aliphatic rings. The number of nitrogens with one attached hydrogen (secondary N) is 1. The Balaban J connectivity index is 1.81. The monoisotopic (exact) mass is 286 g/mol. The zero-order valence-corrected chi connectivity index (χ0v) is 12.6. The number of ether oxygens (including phenoxy) is 1. The van der Waals surface area contributed by atoms with Gasteiger partial charge in [0.15, 0.2) is 6.61 Å². The molecule has 4 nitrogen and oxygen atoms in total. The molecule has 0 spiro atoms. The molecule has 3 unspecified atom stereocenters. The number of rotatable bonds is 4. The number of hydrogen-bond acceptors (Lipinski definition) is 3. The number of para-hydroxylation sites is 1. The molecule has 0 heterocycles. The summed E-state index contributed by atoms with van der Waals surface area (Å²) in [5.74, 6) is 1.72. The van der Waals surface area contributed by atoms with Crippen LogP contribution in [0.4, 0.5) is 0 Å². The quantitative estimate of drug-likeness (QED) is 0.925. The van der Waals surface area contributed by atoms with Crippen LogP contribution >= 0.6 is 0 Å². The number of nitriles is 1. The minimum atomic E-state index is -0.116. The Labute approximate surface area is 126 Å². The van der Waals surface area contributed by atoms with Gasteiger partial charge in [0.25, 0.3) is 5.91 Å². The van der Waals surface area contributed by atoms with E-state index in [4.69, 9.17) is 10.00 Å². The number of hydrogen-bond donors (Lipinski definition) is 1. The fourth-order valence-electron chi connectivity index (χ4n) is 2.78. The zero-order chi connectivity index (χ0) is 15.2. The van der Waals surface area contributed by atoms with Crippen LogP contribution in [0.5, 0.6) is 5.75 Å². The van der Waals surface area contributed by atoms with Gasteiger partial charge in [0.1, 0.15) is 11.8 Å². The van der Waals surface area contributed by atoms with E-state index in [-0.39, 0.29) is 18.6 Å². The van der Waals surface area contributed by atoms with Crippen LogP contribution in [0.3, 0.4) is 0 Å². The molecule has 1 aliphatic carbocycles. The molecule has 0 bridgehead atoms. The van der Waals surface area contributed by atoms with Gasteiger partial charge in [-0.2, -0.15) is 5.26 Å². The van der Waals surface area contributed by atoms with Crippen LogP contribution in [0.2, 0.25) is 0 Å². The predicted octanol–water partition coefficient (Wildman–Crippen LogP) is 2.88. The number of benzene rings is 1. The van der Waals surface area contributed by atoms with E-state index >= 15 is 0 Å². The third-order valence-corrected chi connectivity index (χ3v) is 4.33. The summed E-state index contributed by atoms with van der Waals surface area (Å²) in [7, 11) is 0. The second-order valence-corrected chi connectivity index (χ2v) is 5.93. The van der Waals surface area contributed by atoms with Crippen LogP contribution in [0.15, 0.2) is 24.3 Å². The van der Waals surface area contributed by atoms with E-state index in [1.54, 1.807) is 24.3 Å². The lowest BCUT2D eigenvalue weighted by Gasteiger charge is -2.32. The van der Waals surface area contributed by atoms with Crippen molar-refractivity contribution in [3.05, 3.63) is 29.8 Å². The largest absolute Gasteiger partial charge is 0.482 e. The summed E-state index contributed by atoms with van der Waals surface area (Å²) in [6, 6.07) is 9.25. The minimum absolute atomic E-state index is 0.0425. The molecule has 0 saturated heterocycles. The third-order valence-electron chi connectivity index (χ3n) is 4.33. The molecule has 2 rings (SSSR count). The van der Waals surface area contributed by atoms with Crippen LogP contribution in [0, 0.1) is 23.2 Å². The van der Waals surface area contributed by atoms with Gasteiger partial charge in [0.2, 0.25) is 0 Å². The predicted molar refractivity (Wildman–Crippen MR) is 80.8 cm³/mol. The van der Waals surface area contributed by atoms with Gasteiger partial charge in [0.05, 0.1) is 5.56 Å². The Hall–Kier alpha value is -2.02. The Bertz CT molecular complexity index is 536. The van der Waals surface area contributed by atoms with Crippen molar-refractivity contribution in [3.8, 4) is 11.8 Å². The molecule has 0 aromatic heterocycles. The van der Waals surface area contributed by atoms with Gasteiger partial charge in [-0.05, 0) is 43.2 Å². The molecule has 112 valence electrons. The lowest BCUT2D eigenvalue weighted by molar-refractivity contribution is -0.124. The smallest absolute Gasteiger partial charge is 0.258 e. The molecule has 1 aromatic rings. The van der Waals surface area contributed by atoms with Crippen LogP contribution in [-0.4, -0.2) is 18.6 Å². The van der Waals surface area contributed by atoms with Gasteiger partial charge in [-0.3, -0.25) is 4.79 Å². The second-order valence-electron chi connectivity index (χ2n) is 5.93. The molecular formula is C17H22N2O2. The van der Waals surface area contributed by atoms with Gasteiger partial charge < -0.3 is 10.1 Å². The van der Waals surface area contributed by atoms with Crippen LogP contribution in [-0.2, 0) is 4.79 Å². The standard InChI is InChI=1S/C17H22N2O2/c1-12-7-8-15(9-13(12)2)19-17(20)11-21-16-6-4-3-5-14(16)10-18/h3-6,12-13,15H,7-9,11H2,1-2H3,(H,19,20).